The molecule has 0 N–H and O–H groups in total. The van der Waals surface area contributed by atoms with Crippen molar-refractivity contribution in [2.75, 3.05) is 0 Å². The molecule has 0 saturated carbocycles. The second-order valence-electron chi connectivity index (χ2n) is 28.2. The van der Waals surface area contributed by atoms with Crippen LogP contribution in [0.1, 0.15) is 128 Å². The summed E-state index contributed by atoms with van der Waals surface area (Å²) in [7, 11) is -1.38. The van der Waals surface area contributed by atoms with E-state index in [1.807, 2.05) is 55.4 Å². The van der Waals surface area contributed by atoms with Gasteiger partial charge in [0, 0.05) is 4.47 Å². The molecular weight excluding hydrogens is 1170 g/mol. The van der Waals surface area contributed by atoms with E-state index in [0.717, 1.165) is 9.94 Å². The van der Waals surface area contributed by atoms with Crippen molar-refractivity contribution >= 4 is 42.5 Å². The number of fused-ring (bicyclic) bond motifs is 24. The van der Waals surface area contributed by atoms with E-state index in [2.05, 4.69) is 274 Å². The van der Waals surface area contributed by atoms with Gasteiger partial charge in [0.2, 0.25) is 0 Å². The topological polar surface area (TPSA) is 55.4 Å². The Morgan fingerprint density at radius 1 is 0.233 bits per heavy atom. The Morgan fingerprint density at radius 2 is 0.456 bits per heavy atom. The van der Waals surface area contributed by atoms with Gasteiger partial charge in [-0.15, -0.1) is 0 Å². The molecule has 6 nitrogen and oxygen atoms in total. The Balaban J connectivity index is 0.000000121. The van der Waals surface area contributed by atoms with Gasteiger partial charge in [0.05, 0.1) is 44.4 Å². The summed E-state index contributed by atoms with van der Waals surface area (Å²) < 4.78 is 38.0. The maximum atomic E-state index is 6.53. The maximum Gasteiger partial charge on any atom is 0.494 e. The fourth-order valence-corrected chi connectivity index (χ4v) is 15.6. The molecule has 3 heterocycles. The van der Waals surface area contributed by atoms with E-state index in [4.69, 9.17) is 27.9 Å². The molecule has 0 aromatic heterocycles. The lowest BCUT2D eigenvalue weighted by Crippen LogP contribution is -2.41. The predicted octanol–water partition coefficient (Wildman–Crippen LogP) is 18.7. The zero-order valence-electron chi connectivity index (χ0n) is 53.5. The van der Waals surface area contributed by atoms with Crippen LogP contribution in [-0.4, -0.2) is 54.7 Å². The van der Waals surface area contributed by atoms with E-state index >= 15 is 0 Å². The first-order valence-electron chi connectivity index (χ1n) is 31.8. The first-order valence-corrected chi connectivity index (χ1v) is 32.6. The fourth-order valence-electron chi connectivity index (χ4n) is 15.2. The third-order valence-electron chi connectivity index (χ3n) is 21.7. The Kier molecular flexibility index (Phi) is 13.6. The lowest BCUT2D eigenvalue weighted by atomic mass is 9.49. The van der Waals surface area contributed by atoms with Crippen LogP contribution in [0.4, 0.5) is 0 Å². The van der Waals surface area contributed by atoms with Crippen molar-refractivity contribution in [2.24, 2.45) is 0 Å². The molecule has 0 atom stereocenters. The molecule has 17 rings (SSSR count). The minimum atomic E-state index is -0.476. The van der Waals surface area contributed by atoms with Crippen molar-refractivity contribution in [1.82, 2.24) is 0 Å². The lowest BCUT2D eigenvalue weighted by molar-refractivity contribution is 0.00578. The highest BCUT2D eigenvalue weighted by molar-refractivity contribution is 9.10. The molecule has 0 unspecified atom stereocenters. The van der Waals surface area contributed by atoms with Gasteiger partial charge >= 0.3 is 21.1 Å². The van der Waals surface area contributed by atoms with Gasteiger partial charge in [-0.2, -0.15) is 0 Å². The highest BCUT2D eigenvalue weighted by Crippen LogP contribution is 2.63. The normalized spacial score (nSPS) is 19.5. The van der Waals surface area contributed by atoms with Crippen LogP contribution >= 0.6 is 15.9 Å². The molecule has 90 heavy (non-hydrogen) atoms. The van der Waals surface area contributed by atoms with Crippen LogP contribution in [0.2, 0.25) is 0 Å². The Hall–Kier alpha value is -7.37. The van der Waals surface area contributed by atoms with Crippen molar-refractivity contribution in [1.29, 1.82) is 0 Å². The second-order valence-corrected chi connectivity index (χ2v) is 29.1. The van der Waals surface area contributed by atoms with Crippen molar-refractivity contribution < 1.29 is 27.9 Å². The van der Waals surface area contributed by atoms with Gasteiger partial charge in [-0.1, -0.05) is 234 Å². The molecule has 10 aromatic carbocycles. The summed E-state index contributed by atoms with van der Waals surface area (Å²) in [5.41, 5.74) is 24.2. The predicted molar refractivity (Wildman–Crippen MR) is 372 cm³/mol. The molecule has 3 saturated heterocycles. The first kappa shape index (κ1) is 59.0. The summed E-state index contributed by atoms with van der Waals surface area (Å²) >= 11 is 3.76. The standard InChI is InChI=1S/C37H31BO2.C31H19Br.C12H24B2O4/c1-35(2)36(3,4)40-38(39-35)24-21-22-34-30(23-24)26-14-6-5-13-25(26)27-15-7-10-18-31(27)37(34)32-19-11-8-16-28(32)29-17-9-12-20-33(29)37;32-20-17-18-30-26(19-20)22-10-2-1-9-21(22)23-11-3-6-14-27(23)31(30)28-15-7-4-12-24(28)25-13-5-8-16-29(25)31;1-9(2)10(3,4)16-13(15-9)14-17-11(5,6)12(7,8)18-14/h5-23H,1-4H3;1-19H;1-8H3. The number of hydrogen-bond acceptors (Lipinski definition) is 6. The molecule has 10 aromatic rings. The van der Waals surface area contributed by atoms with Crippen molar-refractivity contribution in [3.8, 4) is 66.8 Å². The molecule has 3 fully saturated rings. The van der Waals surface area contributed by atoms with Crippen LogP contribution in [0, 0.1) is 0 Å². The molecule has 0 amide bonds. The van der Waals surface area contributed by atoms with Gasteiger partial charge in [-0.25, -0.2) is 0 Å². The minimum Gasteiger partial charge on any atom is -0.405 e. The molecule has 446 valence electrons. The van der Waals surface area contributed by atoms with Crippen LogP contribution in [-0.2, 0) is 38.8 Å². The summed E-state index contributed by atoms with van der Waals surface area (Å²) in [4.78, 5) is 0. The zero-order valence-corrected chi connectivity index (χ0v) is 55.1. The van der Waals surface area contributed by atoms with E-state index < -0.39 is 37.8 Å². The van der Waals surface area contributed by atoms with Gasteiger partial charge in [0.1, 0.15) is 0 Å². The number of halogens is 1. The lowest BCUT2D eigenvalue weighted by Gasteiger charge is -2.35. The average Bonchev–Trinajstić information content (AvgIpc) is 1.48. The number of benzene rings is 10. The minimum absolute atomic E-state index is 0.360. The van der Waals surface area contributed by atoms with E-state index in [1.54, 1.807) is 0 Å². The summed E-state index contributed by atoms with van der Waals surface area (Å²) in [6.07, 6.45) is 0. The third kappa shape index (κ3) is 8.61. The van der Waals surface area contributed by atoms with Crippen molar-refractivity contribution in [2.45, 2.75) is 128 Å². The molecule has 2 spiro atoms. The molecule has 3 aliphatic heterocycles. The Bertz CT molecular complexity index is 4370. The molecule has 7 aliphatic rings. The molecule has 0 bridgehead atoms. The Morgan fingerprint density at radius 3 is 0.767 bits per heavy atom. The largest absolute Gasteiger partial charge is 0.494 e. The molecule has 4 aliphatic carbocycles. The third-order valence-corrected chi connectivity index (χ3v) is 22.2. The van der Waals surface area contributed by atoms with Gasteiger partial charge in [0.25, 0.3) is 0 Å². The van der Waals surface area contributed by atoms with Gasteiger partial charge in [-0.3, -0.25) is 0 Å². The highest BCUT2D eigenvalue weighted by Gasteiger charge is 2.64. The van der Waals surface area contributed by atoms with Gasteiger partial charge in [-0.05, 0) is 212 Å². The van der Waals surface area contributed by atoms with Crippen molar-refractivity contribution in [3.63, 3.8) is 0 Å². The van der Waals surface area contributed by atoms with Gasteiger partial charge in [0.15, 0.2) is 0 Å². The fraction of sp³-hybridized carbons (Fsp3) is 0.250. The van der Waals surface area contributed by atoms with Gasteiger partial charge < -0.3 is 27.9 Å². The van der Waals surface area contributed by atoms with E-state index in [9.17, 15) is 0 Å². The average molecular weight is 1240 g/mol. The smallest absolute Gasteiger partial charge is 0.405 e. The number of rotatable bonds is 2. The SMILES string of the molecule is Brc1ccc2c(c1)-c1ccccc1-c1ccccc1C21c2ccccc2-c2ccccc21.CC1(C)OB(B2OC(C)(C)C(C)(C)O2)OC1(C)C.CC1(C)OB(c2ccc3c(c2)-c2ccccc2-c2ccccc2C32c3ccccc3-c3ccccc32)OC1(C)C. The monoisotopic (exact) mass is 1240 g/mol. The molecule has 0 radical (unpaired) electrons. The maximum absolute atomic E-state index is 6.53. The van der Waals surface area contributed by atoms with E-state index in [-0.39, 0.29) is 27.8 Å². The first-order chi connectivity index (χ1) is 43.0. The van der Waals surface area contributed by atoms with Crippen LogP contribution in [0.5, 0.6) is 0 Å². The summed E-state index contributed by atoms with van der Waals surface area (Å²) in [6, 6.07) is 85.2. The quantitative estimate of drug-likeness (QED) is 0.161. The second kappa shape index (κ2) is 20.8. The van der Waals surface area contributed by atoms with Crippen LogP contribution in [0.3, 0.4) is 0 Å². The molecular formula is C80H74B3BrO6. The van der Waals surface area contributed by atoms with Crippen LogP contribution in [0.15, 0.2) is 235 Å². The highest BCUT2D eigenvalue weighted by atomic mass is 79.9. The van der Waals surface area contributed by atoms with Crippen LogP contribution in [0.25, 0.3) is 66.8 Å². The van der Waals surface area contributed by atoms with E-state index in [1.165, 1.54) is 111 Å². The van der Waals surface area contributed by atoms with E-state index in [0.29, 0.717) is 0 Å². The summed E-state index contributed by atoms with van der Waals surface area (Å²) in [6.45, 7) is 24.7. The molecule has 10 heteroatoms. The number of hydrogen-bond donors (Lipinski definition) is 0. The van der Waals surface area contributed by atoms with Crippen molar-refractivity contribution in [3.05, 3.63) is 280 Å². The summed E-state index contributed by atoms with van der Waals surface area (Å²) in [5, 5.41) is 0. The zero-order chi connectivity index (χ0) is 62.5. The Labute approximate surface area is 540 Å². The van der Waals surface area contributed by atoms with Crippen LogP contribution < -0.4 is 5.46 Å². The summed E-state index contributed by atoms with van der Waals surface area (Å²) in [5.74, 6) is 0.